The first-order chi connectivity index (χ1) is 29.0. The molecule has 8 aliphatic rings. The molecule has 8 bridgehead atoms. The zero-order valence-electron chi connectivity index (χ0n) is 33.3. The van der Waals surface area contributed by atoms with Gasteiger partial charge in [0.05, 0.1) is 15.7 Å². The van der Waals surface area contributed by atoms with Crippen molar-refractivity contribution in [1.29, 1.82) is 0 Å². The van der Waals surface area contributed by atoms with Crippen molar-refractivity contribution in [3.05, 3.63) is 109 Å². The fraction of sp³-hybridized carbons (Fsp3) is 0.377. The van der Waals surface area contributed by atoms with E-state index < -0.39 is 0 Å². The fourth-order valence-corrected chi connectivity index (χ4v) is 16.6. The second-order valence-electron chi connectivity index (χ2n) is 20.4. The van der Waals surface area contributed by atoms with Crippen LogP contribution < -0.4 is 0 Å². The van der Waals surface area contributed by atoms with Crippen LogP contribution in [0.15, 0.2) is 101 Å². The summed E-state index contributed by atoms with van der Waals surface area (Å²) in [6.07, 6.45) is 16.2. The van der Waals surface area contributed by atoms with Crippen molar-refractivity contribution < 1.29 is 4.42 Å². The largest absolute Gasteiger partial charge is 0.455 e. The van der Waals surface area contributed by atoms with Crippen LogP contribution >= 0.6 is 11.3 Å². The first-order valence-electron chi connectivity index (χ1n) is 22.6. The van der Waals surface area contributed by atoms with Gasteiger partial charge in [-0.15, -0.1) is 11.3 Å². The van der Waals surface area contributed by atoms with Crippen molar-refractivity contribution >= 4 is 75.3 Å². The first-order valence-corrected chi connectivity index (χ1v) is 23.4. The highest BCUT2D eigenvalue weighted by Crippen LogP contribution is 2.63. The Kier molecular flexibility index (Phi) is 6.32. The van der Waals surface area contributed by atoms with Crippen molar-refractivity contribution in [2.45, 2.75) is 87.9 Å². The first kappa shape index (κ1) is 32.7. The van der Waals surface area contributed by atoms with E-state index in [-0.39, 0.29) is 10.8 Å². The normalized spacial score (nSPS) is 30.7. The monoisotopic (exact) mass is 786 g/mol. The van der Waals surface area contributed by atoms with E-state index in [1.807, 2.05) is 11.3 Å². The molecule has 0 amide bonds. The second-order valence-corrected chi connectivity index (χ2v) is 21.5. The van der Waals surface area contributed by atoms with Gasteiger partial charge in [0, 0.05) is 59.1 Å². The molecule has 8 saturated carbocycles. The topological polar surface area (TPSA) is 56.7 Å². The van der Waals surface area contributed by atoms with Crippen molar-refractivity contribution in [1.82, 2.24) is 19.5 Å². The van der Waals surface area contributed by atoms with E-state index in [2.05, 4.69) is 102 Å². The Balaban J connectivity index is 0.948. The zero-order chi connectivity index (χ0) is 38.2. The molecule has 0 atom stereocenters. The quantitative estimate of drug-likeness (QED) is 0.178. The van der Waals surface area contributed by atoms with E-state index in [4.69, 9.17) is 19.4 Å². The Hall–Kier alpha value is -5.07. The average molecular weight is 787 g/mol. The standard InChI is InChI=1S/C53H46N4OS/c1-4-10-40-37(7-1)43-44-38-8-2-5-11-41(38)58-47(44)48-45(39-9-3-6-12-42(39)59-48)46(43)57(40)36-15-13-35(14-16-36)49-54-50(52-23-29-17-30(24-52)19-31(18-29)25-52)56-51(55-49)53-26-32-20-33(27-53)22-34(21-32)28-53/h1-16,29-34H,17-28H2. The van der Waals surface area contributed by atoms with Crippen LogP contribution in [0, 0.1) is 35.5 Å². The van der Waals surface area contributed by atoms with Crippen LogP contribution in [0.3, 0.4) is 0 Å². The Morgan fingerprint density at radius 2 is 1.07 bits per heavy atom. The van der Waals surface area contributed by atoms with Crippen LogP contribution in [0.5, 0.6) is 0 Å². The van der Waals surface area contributed by atoms with Crippen LogP contribution in [0.25, 0.3) is 81.0 Å². The lowest BCUT2D eigenvalue weighted by Gasteiger charge is -2.57. The third kappa shape index (κ3) is 4.44. The molecule has 59 heavy (non-hydrogen) atoms. The number of para-hydroxylation sites is 2. The van der Waals surface area contributed by atoms with Crippen LogP contribution in [-0.2, 0) is 10.8 Å². The Morgan fingerprint density at radius 3 is 1.69 bits per heavy atom. The van der Waals surface area contributed by atoms with E-state index >= 15 is 0 Å². The molecule has 9 aromatic rings. The minimum absolute atomic E-state index is 0.129. The van der Waals surface area contributed by atoms with Gasteiger partial charge in [-0.3, -0.25) is 0 Å². The number of fused-ring (bicyclic) bond motifs is 12. The molecular weight excluding hydrogens is 741 g/mol. The molecule has 0 unspecified atom stereocenters. The Bertz CT molecular complexity index is 3120. The number of hydrogen-bond donors (Lipinski definition) is 0. The van der Waals surface area contributed by atoms with Gasteiger partial charge in [-0.25, -0.2) is 15.0 Å². The molecule has 5 aromatic carbocycles. The summed E-state index contributed by atoms with van der Waals surface area (Å²) in [5.74, 6) is 8.31. The number of furan rings is 1. The van der Waals surface area contributed by atoms with E-state index in [9.17, 15) is 0 Å². The number of hydrogen-bond acceptors (Lipinski definition) is 5. The van der Waals surface area contributed by atoms with Gasteiger partial charge in [0.1, 0.15) is 17.2 Å². The Labute approximate surface area is 346 Å². The van der Waals surface area contributed by atoms with Gasteiger partial charge in [-0.05, 0) is 155 Å². The summed E-state index contributed by atoms with van der Waals surface area (Å²) in [4.78, 5) is 16.9. The van der Waals surface area contributed by atoms with Gasteiger partial charge >= 0.3 is 0 Å². The lowest BCUT2D eigenvalue weighted by atomic mass is 9.49. The Morgan fingerprint density at radius 1 is 0.525 bits per heavy atom. The fourth-order valence-electron chi connectivity index (χ4n) is 15.4. The number of aromatic nitrogens is 4. The molecule has 5 nitrogen and oxygen atoms in total. The van der Waals surface area contributed by atoms with Crippen molar-refractivity contribution in [3.63, 3.8) is 0 Å². The van der Waals surface area contributed by atoms with Crippen molar-refractivity contribution in [2.75, 3.05) is 0 Å². The van der Waals surface area contributed by atoms with Gasteiger partial charge in [0.15, 0.2) is 11.4 Å². The minimum Gasteiger partial charge on any atom is -0.455 e. The highest BCUT2D eigenvalue weighted by Gasteiger charge is 2.56. The maximum absolute atomic E-state index is 6.79. The molecule has 290 valence electrons. The SMILES string of the molecule is c1ccc2c(c1)oc1c3sc4ccccc4c3c3c(c4ccccc4n3-c3ccc(-c4nc(C56CC7CC(CC(C7)C5)C6)nc(C56CC7CC(CC(C7)C5)C6)n4)cc3)c21. The van der Waals surface area contributed by atoms with Gasteiger partial charge in [0.25, 0.3) is 0 Å². The van der Waals surface area contributed by atoms with Crippen LogP contribution in [-0.4, -0.2) is 19.5 Å². The maximum Gasteiger partial charge on any atom is 0.163 e. The molecule has 0 saturated heterocycles. The van der Waals surface area contributed by atoms with Crippen molar-refractivity contribution in [2.24, 2.45) is 35.5 Å². The number of thiophene rings is 1. The third-order valence-electron chi connectivity index (χ3n) is 16.8. The summed E-state index contributed by atoms with van der Waals surface area (Å²) in [6.45, 7) is 0. The highest BCUT2D eigenvalue weighted by molar-refractivity contribution is 7.26. The number of nitrogens with zero attached hydrogens (tertiary/aromatic N) is 4. The maximum atomic E-state index is 6.79. The van der Waals surface area contributed by atoms with Gasteiger partial charge in [0.2, 0.25) is 0 Å². The summed E-state index contributed by atoms with van der Waals surface area (Å²) < 4.78 is 11.8. The molecule has 4 heterocycles. The summed E-state index contributed by atoms with van der Waals surface area (Å²) in [5, 5.41) is 7.44. The summed E-state index contributed by atoms with van der Waals surface area (Å²) in [6, 6.07) is 35.7. The lowest BCUT2D eigenvalue weighted by molar-refractivity contribution is -0.0155. The molecule has 4 aromatic heterocycles. The molecule has 6 heteroatoms. The predicted molar refractivity (Wildman–Crippen MR) is 239 cm³/mol. The van der Waals surface area contributed by atoms with E-state index in [1.54, 1.807) is 0 Å². The highest BCUT2D eigenvalue weighted by atomic mass is 32.1. The molecule has 8 fully saturated rings. The summed E-state index contributed by atoms with van der Waals surface area (Å²) in [5.41, 5.74) is 6.91. The van der Waals surface area contributed by atoms with Crippen LogP contribution in [0.2, 0.25) is 0 Å². The molecule has 0 spiro atoms. The summed E-state index contributed by atoms with van der Waals surface area (Å²) in [7, 11) is 0. The minimum atomic E-state index is 0.129. The molecule has 0 aliphatic heterocycles. The van der Waals surface area contributed by atoms with Gasteiger partial charge in [-0.2, -0.15) is 0 Å². The smallest absolute Gasteiger partial charge is 0.163 e. The molecule has 17 rings (SSSR count). The van der Waals surface area contributed by atoms with Gasteiger partial charge in [-0.1, -0.05) is 54.6 Å². The predicted octanol–water partition coefficient (Wildman–Crippen LogP) is 13.8. The van der Waals surface area contributed by atoms with E-state index in [0.29, 0.717) is 0 Å². The van der Waals surface area contributed by atoms with Crippen molar-refractivity contribution in [3.8, 4) is 17.1 Å². The molecular formula is C53H46N4OS. The lowest BCUT2D eigenvalue weighted by Crippen LogP contribution is -2.51. The third-order valence-corrected chi connectivity index (χ3v) is 18.0. The molecule has 8 aliphatic carbocycles. The van der Waals surface area contributed by atoms with Gasteiger partial charge < -0.3 is 8.98 Å². The van der Waals surface area contributed by atoms with E-state index in [1.165, 1.54) is 130 Å². The second kappa shape index (κ2) is 11.4. The van der Waals surface area contributed by atoms with Crippen LogP contribution in [0.1, 0.15) is 88.7 Å². The molecule has 0 N–H and O–H groups in total. The average Bonchev–Trinajstić information content (AvgIpc) is 3.93. The number of rotatable bonds is 4. The zero-order valence-corrected chi connectivity index (χ0v) is 34.1. The number of benzene rings is 5. The summed E-state index contributed by atoms with van der Waals surface area (Å²) >= 11 is 1.85. The molecule has 0 radical (unpaired) electrons. The van der Waals surface area contributed by atoms with Crippen LogP contribution in [0.4, 0.5) is 0 Å². The van der Waals surface area contributed by atoms with E-state index in [0.717, 1.165) is 75.4 Å².